The number of nitrogens with zero attached hydrogens (tertiary/aromatic N) is 2. The van der Waals surface area contributed by atoms with E-state index in [0.29, 0.717) is 24.8 Å². The summed E-state index contributed by atoms with van der Waals surface area (Å²) >= 11 is 0. The normalized spacial score (nSPS) is 17.0. The van der Waals surface area contributed by atoms with Gasteiger partial charge in [-0.1, -0.05) is 0 Å². The van der Waals surface area contributed by atoms with Gasteiger partial charge >= 0.3 is 0 Å². The first-order valence-electron chi connectivity index (χ1n) is 6.24. The van der Waals surface area contributed by atoms with Crippen LogP contribution < -0.4 is 10.5 Å². The Balaban J connectivity index is 0.00000180. The van der Waals surface area contributed by atoms with Gasteiger partial charge in [0.1, 0.15) is 5.82 Å². The number of nitrogens with two attached hydrogens (primary N) is 1. The zero-order chi connectivity index (χ0) is 13.3. The summed E-state index contributed by atoms with van der Waals surface area (Å²) in [6.07, 6.45) is 3.66. The van der Waals surface area contributed by atoms with Gasteiger partial charge in [0.15, 0.2) is 5.03 Å². The maximum atomic E-state index is 12.2. The molecule has 0 amide bonds. The molecule has 1 aliphatic carbocycles. The number of nitrogens with one attached hydrogen (secondary N) is 1. The SMILES string of the molecule is CCn1cc(S(=O)(=O)NC(CN)C2CC2)nc1C.Cl. The van der Waals surface area contributed by atoms with E-state index in [1.54, 1.807) is 13.1 Å². The van der Waals surface area contributed by atoms with Crippen molar-refractivity contribution >= 4 is 22.4 Å². The summed E-state index contributed by atoms with van der Waals surface area (Å²) < 4.78 is 28.8. The van der Waals surface area contributed by atoms with Gasteiger partial charge in [0.2, 0.25) is 0 Å². The molecule has 1 aromatic heterocycles. The summed E-state index contributed by atoms with van der Waals surface area (Å²) in [5.41, 5.74) is 5.61. The van der Waals surface area contributed by atoms with Crippen LogP contribution in [0.3, 0.4) is 0 Å². The lowest BCUT2D eigenvalue weighted by molar-refractivity contribution is 0.517. The molecule has 2 rings (SSSR count). The highest BCUT2D eigenvalue weighted by molar-refractivity contribution is 7.89. The van der Waals surface area contributed by atoms with Gasteiger partial charge in [0, 0.05) is 25.3 Å². The summed E-state index contributed by atoms with van der Waals surface area (Å²) in [5, 5.41) is 0.0842. The predicted octanol–water partition coefficient (Wildman–Crippen LogP) is 0.649. The summed E-state index contributed by atoms with van der Waals surface area (Å²) in [7, 11) is -3.55. The van der Waals surface area contributed by atoms with Crippen molar-refractivity contribution in [3.05, 3.63) is 12.0 Å². The second-order valence-corrected chi connectivity index (χ2v) is 6.37. The molecule has 1 unspecified atom stereocenters. The highest BCUT2D eigenvalue weighted by Crippen LogP contribution is 2.32. The highest BCUT2D eigenvalue weighted by atomic mass is 35.5. The average Bonchev–Trinajstić information content (AvgIpc) is 3.09. The van der Waals surface area contributed by atoms with Crippen molar-refractivity contribution in [2.75, 3.05) is 6.54 Å². The first-order chi connectivity index (χ1) is 8.47. The maximum Gasteiger partial charge on any atom is 0.259 e. The van der Waals surface area contributed by atoms with E-state index in [0.717, 1.165) is 12.8 Å². The lowest BCUT2D eigenvalue weighted by atomic mass is 10.2. The van der Waals surface area contributed by atoms with Gasteiger partial charge in [-0.05, 0) is 32.6 Å². The Labute approximate surface area is 120 Å². The zero-order valence-electron chi connectivity index (χ0n) is 11.2. The molecule has 19 heavy (non-hydrogen) atoms. The van der Waals surface area contributed by atoms with E-state index < -0.39 is 10.0 Å². The first kappa shape index (κ1) is 16.4. The Bertz CT molecular complexity index is 525. The second kappa shape index (κ2) is 6.21. The molecule has 6 nitrogen and oxygen atoms in total. The molecule has 8 heteroatoms. The second-order valence-electron chi connectivity index (χ2n) is 4.71. The third-order valence-corrected chi connectivity index (χ3v) is 4.68. The third kappa shape index (κ3) is 3.68. The van der Waals surface area contributed by atoms with Gasteiger partial charge in [-0.3, -0.25) is 0 Å². The van der Waals surface area contributed by atoms with E-state index in [1.165, 1.54) is 0 Å². The Morgan fingerprint density at radius 3 is 2.63 bits per heavy atom. The van der Waals surface area contributed by atoms with Crippen LogP contribution in [0.2, 0.25) is 0 Å². The van der Waals surface area contributed by atoms with Gasteiger partial charge in [-0.15, -0.1) is 12.4 Å². The fourth-order valence-electron chi connectivity index (χ4n) is 2.02. The van der Waals surface area contributed by atoms with Crippen molar-refractivity contribution < 1.29 is 8.42 Å². The standard InChI is InChI=1S/C11H20N4O2S.ClH/c1-3-15-7-11(13-8(15)2)18(16,17)14-10(6-12)9-4-5-9;/h7,9-10,14H,3-6,12H2,1-2H3;1H. The van der Waals surface area contributed by atoms with Crippen LogP contribution in [0.4, 0.5) is 0 Å². The van der Waals surface area contributed by atoms with Gasteiger partial charge < -0.3 is 10.3 Å². The van der Waals surface area contributed by atoms with Crippen LogP contribution in [0.1, 0.15) is 25.6 Å². The molecule has 3 N–H and O–H groups in total. The lowest BCUT2D eigenvalue weighted by Gasteiger charge is -2.14. The smallest absolute Gasteiger partial charge is 0.259 e. The van der Waals surface area contributed by atoms with Crippen molar-refractivity contribution in [2.24, 2.45) is 11.7 Å². The minimum atomic E-state index is -3.55. The molecular weight excluding hydrogens is 288 g/mol. The summed E-state index contributed by atoms with van der Waals surface area (Å²) in [6, 6.07) is -0.165. The molecule has 0 radical (unpaired) electrons. The van der Waals surface area contributed by atoms with Crippen LogP contribution in [0.25, 0.3) is 0 Å². The highest BCUT2D eigenvalue weighted by Gasteiger charge is 2.34. The van der Waals surface area contributed by atoms with Gasteiger partial charge in [-0.2, -0.15) is 0 Å². The van der Waals surface area contributed by atoms with Gasteiger partial charge in [0.05, 0.1) is 0 Å². The quantitative estimate of drug-likeness (QED) is 0.807. The Morgan fingerprint density at radius 1 is 1.58 bits per heavy atom. The van der Waals surface area contributed by atoms with Gasteiger partial charge in [-0.25, -0.2) is 18.1 Å². The van der Waals surface area contributed by atoms with E-state index in [-0.39, 0.29) is 23.5 Å². The number of aromatic nitrogens is 2. The molecule has 1 atom stereocenters. The molecule has 0 aliphatic heterocycles. The zero-order valence-corrected chi connectivity index (χ0v) is 12.8. The van der Waals surface area contributed by atoms with Crippen LogP contribution in [0, 0.1) is 12.8 Å². The molecule has 0 saturated heterocycles. The van der Waals surface area contributed by atoms with Crippen LogP contribution >= 0.6 is 12.4 Å². The van der Waals surface area contributed by atoms with Gasteiger partial charge in [0.25, 0.3) is 10.0 Å². The molecular formula is C11H21ClN4O2S. The summed E-state index contributed by atoms with van der Waals surface area (Å²) in [6.45, 7) is 4.78. The number of rotatable bonds is 6. The molecule has 0 aromatic carbocycles. The lowest BCUT2D eigenvalue weighted by Crippen LogP contribution is -2.41. The molecule has 1 aromatic rings. The monoisotopic (exact) mass is 308 g/mol. The van der Waals surface area contributed by atoms with E-state index in [4.69, 9.17) is 5.73 Å². The van der Waals surface area contributed by atoms with Crippen molar-refractivity contribution in [3.63, 3.8) is 0 Å². The Kier molecular flexibility index (Phi) is 5.37. The number of hydrogen-bond acceptors (Lipinski definition) is 4. The van der Waals surface area contributed by atoms with E-state index in [9.17, 15) is 8.42 Å². The van der Waals surface area contributed by atoms with E-state index in [2.05, 4.69) is 9.71 Å². The molecule has 1 fully saturated rings. The molecule has 0 bridgehead atoms. The minimum absolute atomic E-state index is 0. The van der Waals surface area contributed by atoms with E-state index in [1.807, 2.05) is 11.5 Å². The molecule has 0 spiro atoms. The van der Waals surface area contributed by atoms with Crippen molar-refractivity contribution in [2.45, 2.75) is 44.3 Å². The predicted molar refractivity (Wildman–Crippen MR) is 75.8 cm³/mol. The number of halogens is 1. The number of hydrogen-bond donors (Lipinski definition) is 2. The summed E-state index contributed by atoms with van der Waals surface area (Å²) in [4.78, 5) is 4.09. The van der Waals surface area contributed by atoms with Crippen LogP contribution in [0.5, 0.6) is 0 Å². The van der Waals surface area contributed by atoms with Crippen molar-refractivity contribution in [3.8, 4) is 0 Å². The molecule has 1 heterocycles. The molecule has 110 valence electrons. The number of imidazole rings is 1. The molecule has 1 saturated carbocycles. The van der Waals surface area contributed by atoms with Crippen LogP contribution in [-0.4, -0.2) is 30.6 Å². The van der Waals surface area contributed by atoms with E-state index >= 15 is 0 Å². The van der Waals surface area contributed by atoms with Crippen molar-refractivity contribution in [1.29, 1.82) is 0 Å². The Morgan fingerprint density at radius 2 is 2.21 bits per heavy atom. The number of aryl methyl sites for hydroxylation is 2. The Hall–Kier alpha value is -0.630. The minimum Gasteiger partial charge on any atom is -0.334 e. The number of sulfonamides is 1. The molecule has 1 aliphatic rings. The first-order valence-corrected chi connectivity index (χ1v) is 7.72. The van der Waals surface area contributed by atoms with Crippen molar-refractivity contribution in [1.82, 2.24) is 14.3 Å². The fraction of sp³-hybridized carbons (Fsp3) is 0.727. The third-order valence-electron chi connectivity index (χ3n) is 3.32. The summed E-state index contributed by atoms with van der Waals surface area (Å²) in [5.74, 6) is 1.09. The largest absolute Gasteiger partial charge is 0.334 e. The fourth-order valence-corrected chi connectivity index (χ4v) is 3.35. The van der Waals surface area contributed by atoms with Crippen LogP contribution in [0.15, 0.2) is 11.2 Å². The average molecular weight is 309 g/mol. The topological polar surface area (TPSA) is 90.0 Å². The van der Waals surface area contributed by atoms with Crippen LogP contribution in [-0.2, 0) is 16.6 Å². The maximum absolute atomic E-state index is 12.2.